The Bertz CT molecular complexity index is 1190. The van der Waals surface area contributed by atoms with Crippen LogP contribution in [-0.2, 0) is 22.4 Å². The molecule has 1 aromatic heterocycles. The van der Waals surface area contributed by atoms with Gasteiger partial charge in [0.05, 0.1) is 22.1 Å². The summed E-state index contributed by atoms with van der Waals surface area (Å²) < 4.78 is 1.02. The Hall–Kier alpha value is -2.97. The Balaban J connectivity index is 1.38. The van der Waals surface area contributed by atoms with Crippen molar-refractivity contribution in [3.05, 3.63) is 53.6 Å². The van der Waals surface area contributed by atoms with E-state index >= 15 is 0 Å². The second-order valence-electron chi connectivity index (χ2n) is 9.33. The van der Waals surface area contributed by atoms with E-state index in [2.05, 4.69) is 17.0 Å². The highest BCUT2D eigenvalue weighted by Gasteiger charge is 2.47. The van der Waals surface area contributed by atoms with E-state index in [0.717, 1.165) is 53.1 Å². The molecule has 0 atom stereocenters. The second-order valence-corrected chi connectivity index (χ2v) is 10.3. The molecule has 7 nitrogen and oxygen atoms in total. The van der Waals surface area contributed by atoms with Gasteiger partial charge in [-0.3, -0.25) is 14.5 Å². The van der Waals surface area contributed by atoms with Gasteiger partial charge in [-0.2, -0.15) is 0 Å². The molecule has 2 aliphatic rings. The van der Waals surface area contributed by atoms with Crippen LogP contribution in [0.1, 0.15) is 24.0 Å². The van der Waals surface area contributed by atoms with Crippen LogP contribution in [0.4, 0.5) is 10.8 Å². The van der Waals surface area contributed by atoms with Gasteiger partial charge in [-0.05, 0) is 61.1 Å². The molecule has 5 rings (SSSR count). The summed E-state index contributed by atoms with van der Waals surface area (Å²) in [6.45, 7) is 2.76. The number of carboxylic acids is 1. The molecule has 0 unspecified atom stereocenters. The molecule has 3 N–H and O–H groups in total. The predicted molar refractivity (Wildman–Crippen MR) is 131 cm³/mol. The maximum absolute atomic E-state index is 13.7. The van der Waals surface area contributed by atoms with E-state index in [4.69, 9.17) is 10.7 Å². The first-order valence-electron chi connectivity index (χ1n) is 11.3. The number of amides is 1. The Morgan fingerprint density at radius 2 is 1.91 bits per heavy atom. The molecule has 0 radical (unpaired) electrons. The molecule has 8 heteroatoms. The third kappa shape index (κ3) is 3.98. The van der Waals surface area contributed by atoms with E-state index in [0.29, 0.717) is 23.9 Å². The van der Waals surface area contributed by atoms with E-state index in [-0.39, 0.29) is 12.3 Å². The van der Waals surface area contributed by atoms with Crippen LogP contribution in [-0.4, -0.2) is 48.6 Å². The molecule has 1 aliphatic carbocycles. The topological polar surface area (TPSA) is 99.8 Å². The molecule has 1 amide bonds. The molecule has 1 fully saturated rings. The minimum absolute atomic E-state index is 0.187. The summed E-state index contributed by atoms with van der Waals surface area (Å²) in [4.78, 5) is 34.0. The van der Waals surface area contributed by atoms with Crippen LogP contribution >= 0.6 is 11.3 Å². The fourth-order valence-corrected chi connectivity index (χ4v) is 6.18. The first kappa shape index (κ1) is 21.9. The number of rotatable bonds is 7. The van der Waals surface area contributed by atoms with E-state index in [1.807, 2.05) is 30.3 Å². The van der Waals surface area contributed by atoms with Crippen LogP contribution in [0.15, 0.2) is 42.5 Å². The normalized spacial score (nSPS) is 17.1. The summed E-state index contributed by atoms with van der Waals surface area (Å²) in [6.07, 6.45) is 1.73. The Morgan fingerprint density at radius 3 is 2.55 bits per heavy atom. The maximum Gasteiger partial charge on any atom is 0.304 e. The number of aromatic nitrogens is 1. The highest BCUT2D eigenvalue weighted by molar-refractivity contribution is 7.22. The minimum atomic E-state index is -0.983. The molecule has 2 heterocycles. The van der Waals surface area contributed by atoms with Gasteiger partial charge in [0.1, 0.15) is 0 Å². The number of thiazole rings is 1. The number of nitrogens with two attached hydrogens (primary N) is 1. The third-order valence-corrected chi connectivity index (χ3v) is 8.06. The van der Waals surface area contributed by atoms with Gasteiger partial charge in [0.2, 0.25) is 5.91 Å². The van der Waals surface area contributed by atoms with E-state index in [1.54, 1.807) is 11.9 Å². The molecule has 172 valence electrons. The fourth-order valence-electron chi connectivity index (χ4n) is 5.22. The first-order valence-corrected chi connectivity index (χ1v) is 12.1. The largest absolute Gasteiger partial charge is 0.481 e. The second kappa shape index (κ2) is 8.43. The molecule has 0 bridgehead atoms. The molecular weight excluding hydrogens is 436 g/mol. The van der Waals surface area contributed by atoms with Crippen LogP contribution in [0.3, 0.4) is 0 Å². The monoisotopic (exact) mass is 464 g/mol. The first-order chi connectivity index (χ1) is 15.9. The summed E-state index contributed by atoms with van der Waals surface area (Å²) in [5.74, 6) is -0.485. The Labute approximate surface area is 196 Å². The summed E-state index contributed by atoms with van der Waals surface area (Å²) in [5, 5.41) is 10.2. The minimum Gasteiger partial charge on any atom is -0.481 e. The van der Waals surface area contributed by atoms with Crippen molar-refractivity contribution in [3.8, 4) is 0 Å². The van der Waals surface area contributed by atoms with Gasteiger partial charge in [-0.1, -0.05) is 35.6 Å². The molecule has 0 spiro atoms. The van der Waals surface area contributed by atoms with Gasteiger partial charge in [0.15, 0.2) is 5.13 Å². The predicted octanol–water partition coefficient (Wildman–Crippen LogP) is 3.30. The lowest BCUT2D eigenvalue weighted by Gasteiger charge is -2.41. The van der Waals surface area contributed by atoms with Gasteiger partial charge in [-0.15, -0.1) is 0 Å². The summed E-state index contributed by atoms with van der Waals surface area (Å²) >= 11 is 1.47. The Kier molecular flexibility index (Phi) is 5.58. The van der Waals surface area contributed by atoms with Gasteiger partial charge < -0.3 is 15.7 Å². The number of carboxylic acid groups (broad SMARTS) is 1. The number of fused-ring (bicyclic) bond motifs is 2. The molecule has 1 aliphatic heterocycles. The van der Waals surface area contributed by atoms with E-state index in [9.17, 15) is 14.7 Å². The number of benzene rings is 2. The van der Waals surface area contributed by atoms with Gasteiger partial charge in [0.25, 0.3) is 0 Å². The zero-order chi connectivity index (χ0) is 23.2. The van der Waals surface area contributed by atoms with Crippen LogP contribution < -0.4 is 15.5 Å². The third-order valence-electron chi connectivity index (χ3n) is 6.97. The SMILES string of the molecule is CN(C(=O)C1(CC(=O)O)Cc2ccccc2C1)c1nc2ccc(N3CC(CCN)C3)cc2s1. The van der Waals surface area contributed by atoms with E-state index < -0.39 is 11.4 Å². The van der Waals surface area contributed by atoms with Gasteiger partial charge in [-0.25, -0.2) is 4.98 Å². The summed E-state index contributed by atoms with van der Waals surface area (Å²) in [5.41, 5.74) is 8.80. The van der Waals surface area contributed by atoms with Crippen molar-refractivity contribution in [1.82, 2.24) is 4.98 Å². The van der Waals surface area contributed by atoms with E-state index in [1.165, 1.54) is 11.3 Å². The van der Waals surface area contributed by atoms with Crippen molar-refractivity contribution in [2.24, 2.45) is 17.1 Å². The zero-order valence-corrected chi connectivity index (χ0v) is 19.5. The summed E-state index contributed by atoms with van der Waals surface area (Å²) in [6, 6.07) is 14.0. The summed E-state index contributed by atoms with van der Waals surface area (Å²) in [7, 11) is 1.71. The number of anilines is 2. The Morgan fingerprint density at radius 1 is 1.21 bits per heavy atom. The number of carbonyl (C=O) groups excluding carboxylic acids is 1. The van der Waals surface area contributed by atoms with Crippen molar-refractivity contribution in [3.63, 3.8) is 0 Å². The number of aliphatic carboxylic acids is 1. The lowest BCUT2D eigenvalue weighted by Crippen LogP contribution is -2.47. The zero-order valence-electron chi connectivity index (χ0n) is 18.7. The molecule has 3 aromatic rings. The lowest BCUT2D eigenvalue weighted by atomic mass is 9.80. The number of hydrogen-bond donors (Lipinski definition) is 2. The van der Waals surface area contributed by atoms with Crippen LogP contribution in [0, 0.1) is 11.3 Å². The molecule has 0 saturated carbocycles. The van der Waals surface area contributed by atoms with Gasteiger partial charge in [0, 0.05) is 25.8 Å². The quantitative estimate of drug-likeness (QED) is 0.557. The van der Waals surface area contributed by atoms with Gasteiger partial charge >= 0.3 is 5.97 Å². The molecule has 2 aromatic carbocycles. The van der Waals surface area contributed by atoms with Crippen molar-refractivity contribution in [2.75, 3.05) is 36.5 Å². The highest BCUT2D eigenvalue weighted by atomic mass is 32.1. The van der Waals surface area contributed by atoms with Crippen LogP contribution in [0.2, 0.25) is 0 Å². The standard InChI is InChI=1S/C25H28N4O3S/c1-28(23(32)25(13-22(30)31)11-17-4-2-3-5-18(17)12-25)24-27-20-7-6-19(10-21(20)33-24)29-14-16(15-29)8-9-26/h2-7,10,16H,8-9,11-15,26H2,1H3,(H,30,31). The average molecular weight is 465 g/mol. The highest BCUT2D eigenvalue weighted by Crippen LogP contribution is 2.43. The maximum atomic E-state index is 13.7. The molecular formula is C25H28N4O3S. The molecule has 33 heavy (non-hydrogen) atoms. The van der Waals surface area contributed by atoms with Crippen molar-refractivity contribution < 1.29 is 14.7 Å². The lowest BCUT2D eigenvalue weighted by molar-refractivity contribution is -0.144. The van der Waals surface area contributed by atoms with Crippen LogP contribution in [0.25, 0.3) is 10.2 Å². The smallest absolute Gasteiger partial charge is 0.304 e. The van der Waals surface area contributed by atoms with Crippen molar-refractivity contribution in [1.29, 1.82) is 0 Å². The van der Waals surface area contributed by atoms with Crippen molar-refractivity contribution in [2.45, 2.75) is 25.7 Å². The number of nitrogens with zero attached hydrogens (tertiary/aromatic N) is 3. The van der Waals surface area contributed by atoms with Crippen molar-refractivity contribution >= 4 is 44.2 Å². The number of hydrogen-bond acceptors (Lipinski definition) is 6. The number of carbonyl (C=O) groups is 2. The molecule has 1 saturated heterocycles. The fraction of sp³-hybridized carbons (Fsp3) is 0.400. The average Bonchev–Trinajstić information content (AvgIpc) is 3.35. The van der Waals surface area contributed by atoms with Crippen LogP contribution in [0.5, 0.6) is 0 Å².